The summed E-state index contributed by atoms with van der Waals surface area (Å²) in [5.41, 5.74) is 2.64. The van der Waals surface area contributed by atoms with Crippen molar-refractivity contribution in [2.24, 2.45) is 5.16 Å². The summed E-state index contributed by atoms with van der Waals surface area (Å²) in [4.78, 5) is 83.2. The predicted molar refractivity (Wildman–Crippen MR) is 159 cm³/mol. The van der Waals surface area contributed by atoms with Gasteiger partial charge >= 0.3 is 17.9 Å². The molecule has 17 nitrogen and oxygen atoms in total. The van der Waals surface area contributed by atoms with E-state index in [-0.39, 0.29) is 46.5 Å². The molecule has 2 aliphatic heterocycles. The molecule has 2 aromatic heterocycles. The monoisotopic (exact) mass is 662 g/mol. The number of nitrogens with one attached hydrogen (secondary N) is 1. The maximum absolute atomic E-state index is 13.2. The van der Waals surface area contributed by atoms with E-state index in [0.29, 0.717) is 0 Å². The average molecular weight is 663 g/mol. The number of oxime groups is 1. The van der Waals surface area contributed by atoms with Gasteiger partial charge in [0.25, 0.3) is 11.8 Å². The van der Waals surface area contributed by atoms with Gasteiger partial charge in [0.05, 0.1) is 12.6 Å². The Balaban J connectivity index is 1.58. The van der Waals surface area contributed by atoms with Crippen molar-refractivity contribution in [2.45, 2.75) is 43.8 Å². The van der Waals surface area contributed by atoms with Gasteiger partial charge in [0.2, 0.25) is 11.0 Å². The Bertz CT molecular complexity index is 1740. The molecule has 1 fully saturated rings. The number of pyridine rings is 1. The number of rotatable bonds is 12. The summed E-state index contributed by atoms with van der Waals surface area (Å²) in [5.74, 6) is -6.14. The smallest absolute Gasteiger partial charge is 0.352 e. The molecule has 2 amide bonds. The number of aromatic hydroxyl groups is 1. The third-order valence-electron chi connectivity index (χ3n) is 6.51. The van der Waals surface area contributed by atoms with Crippen molar-refractivity contribution in [2.75, 3.05) is 11.5 Å². The molecular weight excluding hydrogens is 636 g/mol. The second-order valence-electron chi connectivity index (χ2n) is 10.1. The highest BCUT2D eigenvalue weighted by Gasteiger charge is 2.54. The van der Waals surface area contributed by atoms with Gasteiger partial charge in [0.1, 0.15) is 22.8 Å². The van der Waals surface area contributed by atoms with Crippen LogP contribution in [0.2, 0.25) is 0 Å². The largest absolute Gasteiger partial charge is 0.503 e. The van der Waals surface area contributed by atoms with Crippen LogP contribution in [-0.4, -0.2) is 93.1 Å². The molecular formula is C26H26N6O11S2. The molecule has 238 valence electrons. The van der Waals surface area contributed by atoms with Gasteiger partial charge in [-0.2, -0.15) is 0 Å². The van der Waals surface area contributed by atoms with Crippen molar-refractivity contribution in [1.29, 1.82) is 0 Å². The number of anilines is 1. The van der Waals surface area contributed by atoms with Gasteiger partial charge in [0.15, 0.2) is 16.6 Å². The number of nitrogens with two attached hydrogens (primary N) is 1. The Morgan fingerprint density at radius 2 is 1.93 bits per heavy atom. The number of aryl methyl sites for hydroxylation is 1. The first-order valence-corrected chi connectivity index (χ1v) is 14.8. The van der Waals surface area contributed by atoms with Crippen LogP contribution in [-0.2, 0) is 35.4 Å². The van der Waals surface area contributed by atoms with Gasteiger partial charge in [0, 0.05) is 29.4 Å². The first-order chi connectivity index (χ1) is 21.1. The Morgan fingerprint density at radius 1 is 1.22 bits per heavy atom. The van der Waals surface area contributed by atoms with E-state index in [1.54, 1.807) is 0 Å². The fourth-order valence-electron chi connectivity index (χ4n) is 4.10. The first kappa shape index (κ1) is 32.7. The molecule has 2 aliphatic rings. The number of aliphatic carboxylic acids is 3. The van der Waals surface area contributed by atoms with Crippen molar-refractivity contribution < 1.29 is 49.2 Å². The Morgan fingerprint density at radius 3 is 2.53 bits per heavy atom. The van der Waals surface area contributed by atoms with Crippen molar-refractivity contribution >= 4 is 69.7 Å². The molecule has 4 rings (SSSR count). The lowest BCUT2D eigenvalue weighted by atomic mass is 10.0. The van der Waals surface area contributed by atoms with Gasteiger partial charge < -0.3 is 40.9 Å². The fraction of sp³-hybridized carbons (Fsp3) is 0.308. The van der Waals surface area contributed by atoms with Gasteiger partial charge in [-0.15, -0.1) is 23.1 Å². The number of thiazole rings is 1. The summed E-state index contributed by atoms with van der Waals surface area (Å²) in [5, 5.41) is 44.9. The number of β-lactam (4-membered cyclic amide) rings is 1. The fourth-order valence-corrected chi connectivity index (χ4v) is 5.96. The number of allylic oxidation sites excluding steroid dienone is 1. The minimum Gasteiger partial charge on any atom is -0.503 e. The highest BCUT2D eigenvalue weighted by molar-refractivity contribution is 8.00. The van der Waals surface area contributed by atoms with Crippen LogP contribution >= 0.6 is 23.1 Å². The number of carboxylic acid groups (broad SMARTS) is 3. The number of hydrogen-bond donors (Lipinski definition) is 6. The zero-order valence-corrected chi connectivity index (χ0v) is 25.1. The van der Waals surface area contributed by atoms with E-state index in [0.717, 1.165) is 40.3 Å². The van der Waals surface area contributed by atoms with Crippen molar-refractivity contribution in [3.05, 3.63) is 56.6 Å². The van der Waals surface area contributed by atoms with E-state index in [1.807, 2.05) is 0 Å². The van der Waals surface area contributed by atoms with E-state index in [2.05, 4.69) is 15.5 Å². The maximum Gasteiger partial charge on any atom is 0.352 e. The molecule has 19 heteroatoms. The van der Waals surface area contributed by atoms with Crippen LogP contribution in [0.5, 0.6) is 5.75 Å². The summed E-state index contributed by atoms with van der Waals surface area (Å²) in [6, 6.07) is -0.126. The van der Waals surface area contributed by atoms with Crippen LogP contribution in [0.1, 0.15) is 31.7 Å². The van der Waals surface area contributed by atoms with Gasteiger partial charge in [-0.25, -0.2) is 14.6 Å². The summed E-state index contributed by atoms with van der Waals surface area (Å²) in [6.45, 7) is 2.32. The van der Waals surface area contributed by atoms with Crippen molar-refractivity contribution in [3.63, 3.8) is 0 Å². The molecule has 1 saturated heterocycles. The van der Waals surface area contributed by atoms with Crippen molar-refractivity contribution in [3.8, 4) is 5.75 Å². The van der Waals surface area contributed by atoms with Gasteiger partial charge in [-0.05, 0) is 25.5 Å². The molecule has 2 atom stereocenters. The number of carbonyl (C=O) groups excluding carboxylic acids is 2. The van der Waals surface area contributed by atoms with Gasteiger partial charge in [-0.1, -0.05) is 11.2 Å². The number of amides is 2. The Kier molecular flexibility index (Phi) is 9.33. The highest BCUT2D eigenvalue weighted by Crippen LogP contribution is 2.41. The topological polar surface area (TPSA) is 264 Å². The summed E-state index contributed by atoms with van der Waals surface area (Å²) in [6.07, 6.45) is 3.49. The number of fused-ring (bicyclic) bond motifs is 1. The lowest BCUT2D eigenvalue weighted by molar-refractivity contribution is -0.161. The van der Waals surface area contributed by atoms with E-state index in [1.165, 1.54) is 35.9 Å². The third kappa shape index (κ3) is 6.99. The van der Waals surface area contributed by atoms with Crippen LogP contribution in [0.25, 0.3) is 6.08 Å². The average Bonchev–Trinajstić information content (AvgIpc) is 3.40. The summed E-state index contributed by atoms with van der Waals surface area (Å²) < 4.78 is 1.32. The highest BCUT2D eigenvalue weighted by atomic mass is 32.2. The van der Waals surface area contributed by atoms with Crippen LogP contribution < -0.4 is 16.5 Å². The number of hydrogen-bond acceptors (Lipinski definition) is 13. The molecule has 0 bridgehead atoms. The predicted octanol–water partition coefficient (Wildman–Crippen LogP) is 0.103. The lowest BCUT2D eigenvalue weighted by Crippen LogP contribution is -2.71. The second-order valence-corrected chi connectivity index (χ2v) is 12.1. The first-order valence-electron chi connectivity index (χ1n) is 12.9. The third-order valence-corrected chi connectivity index (χ3v) is 8.49. The van der Waals surface area contributed by atoms with E-state index in [9.17, 15) is 44.1 Å². The number of thioether (sulfide) groups is 1. The molecule has 7 N–H and O–H groups in total. The summed E-state index contributed by atoms with van der Waals surface area (Å²) >= 11 is 2.12. The normalized spacial score (nSPS) is 18.4. The molecule has 0 aliphatic carbocycles. The number of carboxylic acids is 3. The zero-order valence-electron chi connectivity index (χ0n) is 23.5. The van der Waals surface area contributed by atoms with E-state index in [4.69, 9.17) is 15.7 Å². The molecule has 0 saturated carbocycles. The molecule has 0 spiro atoms. The van der Waals surface area contributed by atoms with E-state index < -0.39 is 63.6 Å². The van der Waals surface area contributed by atoms with Crippen LogP contribution in [0.3, 0.4) is 0 Å². The number of nitrogens with zero attached hydrogens (tertiary/aromatic N) is 4. The van der Waals surface area contributed by atoms with Crippen LogP contribution in [0.15, 0.2) is 44.9 Å². The SMILES string of the molecule is CC(C)(O/N=C(\C(=O)N[C@@H]1C(=O)N2C(C(=O)O)=C(C=Cc3cc(=O)c(O)cn3CCC(=O)O)CS[C@H]12)c1csc(N)n1)C(=O)O. The quantitative estimate of drug-likeness (QED) is 0.100. The summed E-state index contributed by atoms with van der Waals surface area (Å²) in [7, 11) is 0. The maximum atomic E-state index is 13.2. The minimum absolute atomic E-state index is 0.0364. The standard InChI is InChI=1S/C26H26N6O11S2/c1-26(2,24(41)42)43-30-17(13-10-45-25(27)28-13)20(37)29-18-21(38)32-19(23(39)40)11(9-44-22(18)32)3-4-12-7-14(33)15(34)8-31(12)6-5-16(35)36/h3-4,7-8,10,18,22,34H,5-6,9H2,1-2H3,(H2,27,28)(H,29,37)(H,35,36)(H,39,40)(H,41,42)/b4-3?,30-17-/t18-,22-/m1/s1. The molecule has 0 unspecified atom stereocenters. The molecule has 0 radical (unpaired) electrons. The molecule has 2 aromatic rings. The van der Waals surface area contributed by atoms with Crippen LogP contribution in [0.4, 0.5) is 5.13 Å². The number of carbonyl (C=O) groups is 5. The second kappa shape index (κ2) is 12.8. The minimum atomic E-state index is -1.81. The Hall–Kier alpha value is -5.17. The lowest BCUT2D eigenvalue weighted by Gasteiger charge is -2.49. The van der Waals surface area contributed by atoms with Gasteiger partial charge in [-0.3, -0.25) is 24.1 Å². The molecule has 0 aromatic carbocycles. The number of nitrogen functional groups attached to an aromatic ring is 1. The van der Waals surface area contributed by atoms with Crippen molar-refractivity contribution in [1.82, 2.24) is 19.8 Å². The van der Waals surface area contributed by atoms with E-state index >= 15 is 0 Å². The molecule has 45 heavy (non-hydrogen) atoms. The molecule has 4 heterocycles. The van der Waals surface area contributed by atoms with Crippen LogP contribution in [0, 0.1) is 0 Å². The zero-order chi connectivity index (χ0) is 33.2. The number of aromatic nitrogens is 2. The Labute approximate surface area is 261 Å².